The number of rotatable bonds is 15. The molecule has 0 spiro atoms. The normalized spacial score (nSPS) is 13.1. The molecule has 58 heavy (non-hydrogen) atoms. The lowest BCUT2D eigenvalue weighted by Crippen LogP contribution is -2.74. The minimum atomic E-state index is -4.39. The number of quaternary nitrogens is 1. The number of carbonyl (C=O) groups is 2. The van der Waals surface area contributed by atoms with Crippen molar-refractivity contribution in [3.8, 4) is 0 Å². The van der Waals surface area contributed by atoms with Crippen LogP contribution in [0.25, 0.3) is 5.65 Å². The molecule has 0 aliphatic carbocycles. The number of fused-ring (bicyclic) bond motifs is 2. The molecule has 2 aromatic carbocycles. The summed E-state index contributed by atoms with van der Waals surface area (Å²) in [7, 11) is -0.362. The molecule has 4 aromatic heterocycles. The van der Waals surface area contributed by atoms with Crippen molar-refractivity contribution in [3.63, 3.8) is 0 Å². The second kappa shape index (κ2) is 18.7. The average molecular weight is 826 g/mol. The van der Waals surface area contributed by atoms with Crippen molar-refractivity contribution >= 4 is 56.6 Å². The van der Waals surface area contributed by atoms with Gasteiger partial charge in [-0.3, -0.25) is 19.6 Å². The Morgan fingerprint density at radius 3 is 2.60 bits per heavy atom. The van der Waals surface area contributed by atoms with Gasteiger partial charge >= 0.3 is 0 Å². The van der Waals surface area contributed by atoms with Gasteiger partial charge in [0, 0.05) is 54.0 Å². The molecular weight excluding hydrogens is 781 g/mol. The minimum Gasteiger partial charge on any atom is -0.412 e. The lowest BCUT2D eigenvalue weighted by atomic mass is 9.94. The van der Waals surface area contributed by atoms with E-state index in [1.165, 1.54) is 18.3 Å². The van der Waals surface area contributed by atoms with E-state index in [-0.39, 0.29) is 33.6 Å². The number of hydrogen-bond donors (Lipinski definition) is 4. The lowest BCUT2D eigenvalue weighted by molar-refractivity contribution is -0.826. The van der Waals surface area contributed by atoms with Crippen LogP contribution < -0.4 is 20.4 Å². The van der Waals surface area contributed by atoms with Crippen LogP contribution >= 0.6 is 11.8 Å². The third kappa shape index (κ3) is 10.0. The van der Waals surface area contributed by atoms with E-state index in [1.807, 2.05) is 49.3 Å². The predicted octanol–water partition coefficient (Wildman–Crippen LogP) is 3.12. The third-order valence-electron chi connectivity index (χ3n) is 9.67. The van der Waals surface area contributed by atoms with Crippen molar-refractivity contribution < 1.29 is 34.2 Å². The zero-order valence-electron chi connectivity index (χ0n) is 31.9. The number of aromatic nitrogens is 5. The van der Waals surface area contributed by atoms with E-state index in [0.717, 1.165) is 40.2 Å². The van der Waals surface area contributed by atoms with Gasteiger partial charge in [0.15, 0.2) is 17.2 Å². The molecular formula is C40H45N10O6S2+. The zero-order chi connectivity index (χ0) is 39.9. The first-order valence-corrected chi connectivity index (χ1v) is 20.8. The first-order chi connectivity index (χ1) is 27.6. The first kappa shape index (κ1) is 41.9. The summed E-state index contributed by atoms with van der Waals surface area (Å²) in [6, 6.07) is 21.8. The molecule has 0 bridgehead atoms. The number of nitrogens with zero attached hydrogens (tertiary/aromatic N) is 7. The number of amides is 2. The number of imidazole rings is 1. The summed E-state index contributed by atoms with van der Waals surface area (Å²) in [5.74, 6) is 0.622. The number of carbonyl (C=O) groups excluding carboxylic acids is 2. The molecule has 0 fully saturated rings. The Morgan fingerprint density at radius 2 is 1.83 bits per heavy atom. The van der Waals surface area contributed by atoms with Crippen molar-refractivity contribution in [1.82, 2.24) is 34.0 Å². The average Bonchev–Trinajstić information content (AvgIpc) is 3.64. The third-order valence-corrected chi connectivity index (χ3v) is 12.2. The number of benzene rings is 2. The van der Waals surface area contributed by atoms with Gasteiger partial charge in [-0.25, -0.2) is 28.3 Å². The van der Waals surface area contributed by atoms with Crippen LogP contribution in [0.2, 0.25) is 0 Å². The molecule has 6 aromatic rings. The van der Waals surface area contributed by atoms with Crippen LogP contribution in [0.5, 0.6) is 0 Å². The number of nitrogens with two attached hydrogens (primary N) is 1. The molecule has 7 rings (SSSR count). The van der Waals surface area contributed by atoms with Crippen molar-refractivity contribution in [1.29, 1.82) is 0 Å². The number of anilines is 2. The van der Waals surface area contributed by atoms with Gasteiger partial charge in [-0.2, -0.15) is 5.48 Å². The van der Waals surface area contributed by atoms with Crippen LogP contribution in [0.4, 0.5) is 17.3 Å². The van der Waals surface area contributed by atoms with E-state index in [0.29, 0.717) is 54.5 Å². The van der Waals surface area contributed by atoms with Gasteiger partial charge in [0.25, 0.3) is 21.8 Å². The Morgan fingerprint density at radius 1 is 1.02 bits per heavy atom. The Kier molecular flexibility index (Phi) is 13.5. The van der Waals surface area contributed by atoms with E-state index >= 15 is 0 Å². The second-order valence-electron chi connectivity index (χ2n) is 14.0. The highest BCUT2D eigenvalue weighted by Crippen LogP contribution is 2.28. The second-order valence-corrected chi connectivity index (χ2v) is 16.8. The summed E-state index contributed by atoms with van der Waals surface area (Å²) in [5.41, 5.74) is 4.50. The largest absolute Gasteiger partial charge is 0.412 e. The van der Waals surface area contributed by atoms with Gasteiger partial charge in [-0.05, 0) is 87.3 Å². The van der Waals surface area contributed by atoms with Crippen LogP contribution in [0.1, 0.15) is 44.1 Å². The fourth-order valence-electron chi connectivity index (χ4n) is 6.64. The van der Waals surface area contributed by atoms with Crippen LogP contribution in [0.15, 0.2) is 114 Å². The van der Waals surface area contributed by atoms with Gasteiger partial charge in [0.2, 0.25) is 0 Å². The molecule has 18 heteroatoms. The predicted molar refractivity (Wildman–Crippen MR) is 220 cm³/mol. The van der Waals surface area contributed by atoms with E-state index in [1.54, 1.807) is 59.1 Å². The molecule has 16 nitrogen and oxygen atoms in total. The Hall–Kier alpha value is -5.76. The summed E-state index contributed by atoms with van der Waals surface area (Å²) in [6.45, 7) is 1.76. The van der Waals surface area contributed by atoms with Crippen molar-refractivity contribution in [3.05, 3.63) is 132 Å². The summed E-state index contributed by atoms with van der Waals surface area (Å²) < 4.78 is 30.9. The smallest absolute Gasteiger partial charge is 0.283 e. The van der Waals surface area contributed by atoms with E-state index < -0.39 is 15.9 Å². The molecule has 0 unspecified atom stereocenters. The highest BCUT2D eigenvalue weighted by molar-refractivity contribution is 7.99. The molecule has 0 saturated carbocycles. The molecule has 0 radical (unpaired) electrons. The Balaban J connectivity index is 0.00000567. The van der Waals surface area contributed by atoms with Gasteiger partial charge in [-0.1, -0.05) is 36.4 Å². The summed E-state index contributed by atoms with van der Waals surface area (Å²) in [5, 5.41) is 13.0. The molecule has 302 valence electrons. The maximum atomic E-state index is 13.5. The van der Waals surface area contributed by atoms with E-state index in [2.05, 4.69) is 47.0 Å². The molecule has 1 aliphatic heterocycles. The standard InChI is InChI=1S/C40H42N10O5S2.H2O/c1-48(2)17-14-27(26-56-29-9-4-3-5-10-29)20-34-35(46-53)21-30(22-42-34)57(54,55)47-40(52)33-12-7-13-37(43-33)49-18-15-28-8-6-11-31(32(28)24-49)39(51)45-36-25-50-19-16-41-23-38(50)44-36;/h3-13,16,19,21-23,25,27,46,53H,14-15,17-18,20,24,26H2,1-2H3,(H,45,51)(H,47,52);1H2/p+1/t27-;/m0./s1. The van der Waals surface area contributed by atoms with Gasteiger partial charge in [0.1, 0.15) is 22.1 Å². The fraction of sp³-hybridized carbons (Fsp3) is 0.250. The fourth-order valence-corrected chi connectivity index (χ4v) is 8.65. The first-order valence-electron chi connectivity index (χ1n) is 18.3. The molecule has 5 heterocycles. The number of thioether (sulfide) groups is 1. The monoisotopic (exact) mass is 825 g/mol. The maximum absolute atomic E-state index is 13.5. The van der Waals surface area contributed by atoms with Crippen LogP contribution in [-0.4, -0.2) is 93.1 Å². The summed E-state index contributed by atoms with van der Waals surface area (Å²) in [4.78, 5) is 49.3. The maximum Gasteiger partial charge on any atom is 0.283 e. The zero-order valence-corrected chi connectivity index (χ0v) is 33.6. The number of sulfonamides is 1. The van der Waals surface area contributed by atoms with Crippen LogP contribution in [-0.2, 0) is 29.4 Å². The lowest BCUT2D eigenvalue weighted by Gasteiger charge is -2.31. The summed E-state index contributed by atoms with van der Waals surface area (Å²) in [6.07, 6.45) is 9.93. The van der Waals surface area contributed by atoms with Crippen molar-refractivity contribution in [2.24, 2.45) is 5.92 Å². The van der Waals surface area contributed by atoms with Gasteiger partial charge < -0.3 is 25.0 Å². The molecule has 1 aliphatic rings. The highest BCUT2D eigenvalue weighted by atomic mass is 32.2. The van der Waals surface area contributed by atoms with Gasteiger partial charge in [-0.15, -0.1) is 11.8 Å². The molecule has 2 amide bonds. The number of hydrogen-bond acceptors (Lipinski definition) is 12. The van der Waals surface area contributed by atoms with Gasteiger partial charge in [0.05, 0.1) is 12.4 Å². The van der Waals surface area contributed by atoms with Crippen LogP contribution in [0, 0.1) is 5.92 Å². The summed E-state index contributed by atoms with van der Waals surface area (Å²) >= 11 is 1.74. The quantitative estimate of drug-likeness (QED) is 0.0867. The minimum absolute atomic E-state index is 0. The van der Waals surface area contributed by atoms with Crippen LogP contribution in [0.3, 0.4) is 0 Å². The topological polar surface area (TPSA) is 223 Å². The van der Waals surface area contributed by atoms with Crippen molar-refractivity contribution in [2.45, 2.75) is 35.6 Å². The SMILES string of the molecule is CN(C)CC[C@H](CSc1ccccc1)Cc1ncc(S(=O)(=O)NC(=O)c2cccc(N3CCc4cccc(C(=O)Nc5cn6ccncc6n5)c4C3)n2)cc1[NH2+]O.O. The molecule has 0 saturated heterocycles. The van der Waals surface area contributed by atoms with Crippen molar-refractivity contribution in [2.75, 3.05) is 43.2 Å². The Bertz CT molecular complexity index is 2470. The molecule has 1 atom stereocenters. The number of nitrogens with one attached hydrogen (secondary N) is 2. The van der Waals surface area contributed by atoms with E-state index in [4.69, 9.17) is 0 Å². The molecule has 7 N–H and O–H groups in total. The highest BCUT2D eigenvalue weighted by Gasteiger charge is 2.27. The number of pyridine rings is 2. The van der Waals surface area contributed by atoms with E-state index in [9.17, 15) is 23.2 Å². The Labute approximate surface area is 340 Å².